The first kappa shape index (κ1) is 20.6. The van der Waals surface area contributed by atoms with Crippen LogP contribution in [0.2, 0.25) is 0 Å². The maximum Gasteiger partial charge on any atom is 0.231 e. The van der Waals surface area contributed by atoms with E-state index in [1.165, 1.54) is 23.5 Å². The molecule has 4 atom stereocenters. The summed E-state index contributed by atoms with van der Waals surface area (Å²) >= 11 is 0. The Labute approximate surface area is 172 Å². The Kier molecular flexibility index (Phi) is 4.99. The molecule has 16 nitrogen and oxygen atoms in total. The van der Waals surface area contributed by atoms with Crippen molar-refractivity contribution in [1.82, 2.24) is 39.5 Å². The van der Waals surface area contributed by atoms with Gasteiger partial charge in [-0.05, 0) is 0 Å². The minimum atomic E-state index is -1.80. The highest BCUT2D eigenvalue weighted by molar-refractivity contribution is 5.82. The number of hydrogen-bond acceptors (Lipinski definition) is 14. The van der Waals surface area contributed by atoms with Gasteiger partial charge in [0.25, 0.3) is 0 Å². The Morgan fingerprint density at radius 1 is 1.10 bits per heavy atom. The van der Waals surface area contributed by atoms with Crippen molar-refractivity contribution in [3.8, 4) is 0 Å². The van der Waals surface area contributed by atoms with E-state index in [1.54, 1.807) is 0 Å². The lowest BCUT2D eigenvalue weighted by molar-refractivity contribution is -0.141. The van der Waals surface area contributed by atoms with Gasteiger partial charge in [0.1, 0.15) is 42.0 Å². The third kappa shape index (κ3) is 3.33. The van der Waals surface area contributed by atoms with Gasteiger partial charge < -0.3 is 42.2 Å². The SMILES string of the molecule is Nc1nc(N)c2[nH]cnc2n1.Nc1ncnc2c1ncn2[C@]1(N)O[C@H](CO)[C@@H](O)[C@H]1O. The first-order valence-electron chi connectivity index (χ1n) is 8.86. The zero-order chi connectivity index (χ0) is 22.3. The highest BCUT2D eigenvalue weighted by atomic mass is 16.6. The monoisotopic (exact) mass is 432 g/mol. The molecule has 0 aromatic carbocycles. The number of aromatic amines is 1. The van der Waals surface area contributed by atoms with E-state index in [2.05, 4.69) is 34.9 Å². The fourth-order valence-corrected chi connectivity index (χ4v) is 3.16. The molecule has 0 aliphatic carbocycles. The lowest BCUT2D eigenvalue weighted by atomic mass is 10.1. The molecular weight excluding hydrogens is 412 g/mol. The average molecular weight is 432 g/mol. The van der Waals surface area contributed by atoms with Crippen LogP contribution in [0, 0.1) is 0 Å². The van der Waals surface area contributed by atoms with E-state index >= 15 is 0 Å². The van der Waals surface area contributed by atoms with Crippen molar-refractivity contribution in [2.24, 2.45) is 5.73 Å². The number of fused-ring (bicyclic) bond motifs is 2. The Bertz CT molecular complexity index is 1230. The van der Waals surface area contributed by atoms with Crippen LogP contribution < -0.4 is 22.9 Å². The first-order valence-corrected chi connectivity index (χ1v) is 8.86. The molecular formula is C15H20N12O4. The summed E-state index contributed by atoms with van der Waals surface area (Å²) in [5.41, 5.74) is 24.2. The molecule has 4 aromatic rings. The number of nitrogens with zero attached hydrogens (tertiary/aromatic N) is 7. The number of aliphatic hydroxyl groups excluding tert-OH is 3. The molecule has 0 saturated carbocycles. The van der Waals surface area contributed by atoms with Crippen LogP contribution in [0.4, 0.5) is 17.6 Å². The molecule has 0 spiro atoms. The molecule has 164 valence electrons. The van der Waals surface area contributed by atoms with E-state index in [0.29, 0.717) is 22.5 Å². The van der Waals surface area contributed by atoms with Crippen LogP contribution in [0.15, 0.2) is 19.0 Å². The number of nitrogen functional groups attached to an aromatic ring is 3. The number of hydrogen-bond donors (Lipinski definition) is 8. The van der Waals surface area contributed by atoms with Crippen molar-refractivity contribution in [2.75, 3.05) is 23.8 Å². The van der Waals surface area contributed by atoms with Crippen LogP contribution in [0.3, 0.4) is 0 Å². The summed E-state index contributed by atoms with van der Waals surface area (Å²) in [4.78, 5) is 26.1. The molecule has 1 aliphatic rings. The number of ether oxygens (including phenoxy) is 1. The quantitative estimate of drug-likeness (QED) is 0.153. The Balaban J connectivity index is 0.000000177. The van der Waals surface area contributed by atoms with Crippen molar-refractivity contribution in [3.05, 3.63) is 19.0 Å². The van der Waals surface area contributed by atoms with Gasteiger partial charge in [0.2, 0.25) is 11.8 Å². The smallest absolute Gasteiger partial charge is 0.231 e. The molecule has 5 rings (SSSR count). The van der Waals surface area contributed by atoms with Gasteiger partial charge in [0.15, 0.2) is 22.9 Å². The average Bonchev–Trinajstić information content (AvgIpc) is 3.43. The molecule has 0 unspecified atom stereocenters. The van der Waals surface area contributed by atoms with Gasteiger partial charge in [-0.2, -0.15) is 9.97 Å². The minimum Gasteiger partial charge on any atom is -0.394 e. The third-order valence-corrected chi connectivity index (χ3v) is 4.72. The topological polar surface area (TPSA) is 272 Å². The number of imidazole rings is 2. The lowest BCUT2D eigenvalue weighted by Gasteiger charge is -2.28. The van der Waals surface area contributed by atoms with Crippen LogP contribution >= 0.6 is 0 Å². The van der Waals surface area contributed by atoms with Crippen molar-refractivity contribution >= 4 is 39.9 Å². The standard InChI is InChI=1S/C10H14N6O4.C5H6N6/c11-8-5-9(14-2-13-8)16(3-15-5)10(12)7(19)6(18)4(1-17)20-10;6-3-2-4(9-1-8-2)11-5(7)10-3/h2-4,6-7,17-19H,1,12H2,(H2,11,13,14);1H,(H5,6,7,8,9,10,11)/t4-,6-,7-,10+;/m1./s1. The predicted molar refractivity (Wildman–Crippen MR) is 106 cm³/mol. The lowest BCUT2D eigenvalue weighted by Crippen LogP contribution is -2.52. The number of aromatic nitrogens is 8. The normalized spacial score (nSPS) is 25.6. The van der Waals surface area contributed by atoms with E-state index in [0.717, 1.165) is 0 Å². The molecule has 12 N–H and O–H groups in total. The second-order valence-electron chi connectivity index (χ2n) is 6.64. The molecule has 5 heterocycles. The van der Waals surface area contributed by atoms with Crippen LogP contribution in [-0.4, -0.2) is 79.7 Å². The molecule has 16 heteroatoms. The third-order valence-electron chi connectivity index (χ3n) is 4.72. The van der Waals surface area contributed by atoms with Crippen molar-refractivity contribution < 1.29 is 20.1 Å². The largest absolute Gasteiger partial charge is 0.394 e. The second-order valence-corrected chi connectivity index (χ2v) is 6.64. The van der Waals surface area contributed by atoms with Crippen molar-refractivity contribution in [2.45, 2.75) is 24.2 Å². The first-order chi connectivity index (χ1) is 14.8. The Morgan fingerprint density at radius 3 is 2.58 bits per heavy atom. The van der Waals surface area contributed by atoms with Crippen LogP contribution in [0.25, 0.3) is 22.3 Å². The van der Waals surface area contributed by atoms with E-state index < -0.39 is 30.8 Å². The van der Waals surface area contributed by atoms with Gasteiger partial charge >= 0.3 is 0 Å². The predicted octanol–water partition coefficient (Wildman–Crippen LogP) is -3.39. The number of aliphatic hydroxyl groups is 3. The van der Waals surface area contributed by atoms with Crippen LogP contribution in [-0.2, 0) is 10.6 Å². The Morgan fingerprint density at radius 2 is 1.87 bits per heavy atom. The maximum atomic E-state index is 10.1. The van der Waals surface area contributed by atoms with E-state index in [9.17, 15) is 10.2 Å². The summed E-state index contributed by atoms with van der Waals surface area (Å²) in [5.74, 6) is -1.18. The summed E-state index contributed by atoms with van der Waals surface area (Å²) < 4.78 is 6.62. The van der Waals surface area contributed by atoms with E-state index in [1.807, 2.05) is 0 Å². The molecule has 0 radical (unpaired) electrons. The molecule has 4 aromatic heterocycles. The van der Waals surface area contributed by atoms with Gasteiger partial charge in [-0.1, -0.05) is 0 Å². The number of nitrogens with two attached hydrogens (primary N) is 4. The molecule has 1 fully saturated rings. The number of nitrogens with one attached hydrogen (secondary N) is 1. The highest BCUT2D eigenvalue weighted by Crippen LogP contribution is 2.33. The summed E-state index contributed by atoms with van der Waals surface area (Å²) in [7, 11) is 0. The van der Waals surface area contributed by atoms with Gasteiger partial charge in [0.05, 0.1) is 12.9 Å². The van der Waals surface area contributed by atoms with Gasteiger partial charge in [-0.15, -0.1) is 0 Å². The number of rotatable bonds is 2. The number of anilines is 3. The van der Waals surface area contributed by atoms with Crippen LogP contribution in [0.1, 0.15) is 0 Å². The van der Waals surface area contributed by atoms with Gasteiger partial charge in [-0.3, -0.25) is 10.3 Å². The summed E-state index contributed by atoms with van der Waals surface area (Å²) in [5, 5.41) is 29.0. The summed E-state index contributed by atoms with van der Waals surface area (Å²) in [6.45, 7) is -0.485. The van der Waals surface area contributed by atoms with Gasteiger partial charge in [0, 0.05) is 0 Å². The molecule has 1 saturated heterocycles. The molecule has 0 amide bonds. The van der Waals surface area contributed by atoms with E-state index in [-0.39, 0.29) is 17.4 Å². The van der Waals surface area contributed by atoms with Crippen molar-refractivity contribution in [1.29, 1.82) is 0 Å². The zero-order valence-electron chi connectivity index (χ0n) is 15.9. The summed E-state index contributed by atoms with van der Waals surface area (Å²) in [6.07, 6.45) is 0.197. The highest BCUT2D eigenvalue weighted by Gasteiger charge is 2.53. The summed E-state index contributed by atoms with van der Waals surface area (Å²) in [6, 6.07) is 0. The zero-order valence-corrected chi connectivity index (χ0v) is 15.9. The minimum absolute atomic E-state index is 0.141. The second kappa shape index (κ2) is 7.52. The fraction of sp³-hybridized carbons (Fsp3) is 0.333. The molecule has 0 bridgehead atoms. The maximum absolute atomic E-state index is 10.1. The fourth-order valence-electron chi connectivity index (χ4n) is 3.16. The Hall–Kier alpha value is -3.70. The number of H-pyrrole nitrogens is 1. The van der Waals surface area contributed by atoms with Gasteiger partial charge in [-0.25, -0.2) is 19.9 Å². The molecule has 1 aliphatic heterocycles. The van der Waals surface area contributed by atoms with E-state index in [4.69, 9.17) is 32.8 Å². The molecule has 31 heavy (non-hydrogen) atoms. The van der Waals surface area contributed by atoms with Crippen molar-refractivity contribution in [3.63, 3.8) is 0 Å². The van der Waals surface area contributed by atoms with Crippen LogP contribution in [0.5, 0.6) is 0 Å².